The Morgan fingerprint density at radius 3 is 2.42 bits per heavy atom. The van der Waals surface area contributed by atoms with Crippen molar-refractivity contribution in [3.8, 4) is 0 Å². The molecule has 31 heavy (non-hydrogen) atoms. The van der Waals surface area contributed by atoms with Gasteiger partial charge in [-0.2, -0.15) is 4.31 Å². The number of pyridine rings is 1. The molecule has 3 rings (SSSR count). The number of anilines is 1. The van der Waals surface area contributed by atoms with E-state index in [0.717, 1.165) is 24.0 Å². The van der Waals surface area contributed by atoms with Gasteiger partial charge >= 0.3 is 6.09 Å². The fourth-order valence-electron chi connectivity index (χ4n) is 3.66. The summed E-state index contributed by atoms with van der Waals surface area (Å²) in [5.41, 5.74) is 1.23. The molecule has 1 aliphatic rings. The van der Waals surface area contributed by atoms with Crippen LogP contribution in [0.25, 0.3) is 0 Å². The summed E-state index contributed by atoms with van der Waals surface area (Å²) in [4.78, 5) is 18.7. The molecule has 2 heterocycles. The van der Waals surface area contributed by atoms with E-state index < -0.39 is 21.7 Å². The maximum atomic E-state index is 13.2. The predicted molar refractivity (Wildman–Crippen MR) is 121 cm³/mol. The van der Waals surface area contributed by atoms with Crippen molar-refractivity contribution in [2.24, 2.45) is 0 Å². The summed E-state index contributed by atoms with van der Waals surface area (Å²) >= 11 is 0. The molecule has 0 N–H and O–H groups in total. The molecule has 0 aliphatic carbocycles. The maximum Gasteiger partial charge on any atom is 0.415 e. The van der Waals surface area contributed by atoms with Gasteiger partial charge in [-0.1, -0.05) is 23.8 Å². The van der Waals surface area contributed by atoms with Gasteiger partial charge < -0.3 is 4.74 Å². The van der Waals surface area contributed by atoms with Gasteiger partial charge in [-0.25, -0.2) is 18.2 Å². The highest BCUT2D eigenvalue weighted by Gasteiger charge is 2.36. The number of benzene rings is 1. The minimum atomic E-state index is -3.60. The average molecular weight is 446 g/mol. The van der Waals surface area contributed by atoms with Crippen LogP contribution in [0.4, 0.5) is 10.6 Å². The molecule has 2 aromatic rings. The zero-order chi connectivity index (χ0) is 22.8. The van der Waals surface area contributed by atoms with Gasteiger partial charge in [-0.3, -0.25) is 4.90 Å². The van der Waals surface area contributed by atoms with Crippen molar-refractivity contribution < 1.29 is 17.9 Å². The lowest BCUT2D eigenvalue weighted by molar-refractivity contribution is 0.0581. The van der Waals surface area contributed by atoms with Crippen LogP contribution in [0.2, 0.25) is 0 Å². The van der Waals surface area contributed by atoms with Crippen molar-refractivity contribution in [2.45, 2.75) is 64.0 Å². The van der Waals surface area contributed by atoms with E-state index in [2.05, 4.69) is 4.98 Å². The summed E-state index contributed by atoms with van der Waals surface area (Å²) in [5, 5.41) is 0. The van der Waals surface area contributed by atoms with E-state index in [4.69, 9.17) is 4.74 Å². The van der Waals surface area contributed by atoms with Crippen LogP contribution in [0.5, 0.6) is 0 Å². The van der Waals surface area contributed by atoms with E-state index in [0.29, 0.717) is 23.8 Å². The molecule has 0 bridgehead atoms. The Balaban J connectivity index is 1.82. The first-order chi connectivity index (χ1) is 14.5. The fourth-order valence-corrected chi connectivity index (χ4v) is 5.34. The number of amides is 1. The second-order valence-corrected chi connectivity index (χ2v) is 10.7. The third-order valence-corrected chi connectivity index (χ3v) is 7.12. The molecular formula is C23H31N3O4S. The number of aryl methyl sites for hydroxylation is 1. The predicted octanol–water partition coefficient (Wildman–Crippen LogP) is 4.68. The summed E-state index contributed by atoms with van der Waals surface area (Å²) in [6.07, 6.45) is 2.72. The number of carbonyl (C=O) groups is 1. The van der Waals surface area contributed by atoms with Crippen molar-refractivity contribution >= 4 is 21.9 Å². The van der Waals surface area contributed by atoms with Gasteiger partial charge in [0, 0.05) is 19.3 Å². The van der Waals surface area contributed by atoms with E-state index in [1.165, 1.54) is 4.90 Å². The molecule has 7 nitrogen and oxygen atoms in total. The minimum Gasteiger partial charge on any atom is -0.443 e. The molecule has 1 aliphatic heterocycles. The van der Waals surface area contributed by atoms with Gasteiger partial charge in [-0.05, 0) is 71.2 Å². The lowest BCUT2D eigenvalue weighted by Crippen LogP contribution is -2.37. The minimum absolute atomic E-state index is 0.274. The molecule has 1 saturated heterocycles. The first kappa shape index (κ1) is 23.2. The van der Waals surface area contributed by atoms with Crippen LogP contribution < -0.4 is 4.90 Å². The highest BCUT2D eigenvalue weighted by atomic mass is 32.2. The molecule has 1 amide bonds. The van der Waals surface area contributed by atoms with E-state index in [-0.39, 0.29) is 6.04 Å². The fraction of sp³-hybridized carbons (Fsp3) is 0.478. The Bertz CT molecular complexity index is 1010. The molecule has 0 radical (unpaired) electrons. The maximum absolute atomic E-state index is 13.2. The Kier molecular flexibility index (Phi) is 6.71. The van der Waals surface area contributed by atoms with E-state index in [1.54, 1.807) is 28.7 Å². The topological polar surface area (TPSA) is 79.8 Å². The molecule has 1 fully saturated rings. The lowest BCUT2D eigenvalue weighted by Gasteiger charge is -2.27. The zero-order valence-corrected chi connectivity index (χ0v) is 19.6. The van der Waals surface area contributed by atoms with Gasteiger partial charge in [0.25, 0.3) is 0 Å². The van der Waals surface area contributed by atoms with Gasteiger partial charge in [-0.15, -0.1) is 0 Å². The van der Waals surface area contributed by atoms with Gasteiger partial charge in [0.15, 0.2) is 0 Å². The Morgan fingerprint density at radius 1 is 1.19 bits per heavy atom. The van der Waals surface area contributed by atoms with Gasteiger partial charge in [0.2, 0.25) is 10.0 Å². The van der Waals surface area contributed by atoms with Crippen molar-refractivity contribution in [2.75, 3.05) is 18.0 Å². The number of carbonyl (C=O) groups excluding carboxylic acids is 1. The lowest BCUT2D eigenvalue weighted by atomic mass is 10.1. The number of rotatable bonds is 5. The van der Waals surface area contributed by atoms with Crippen molar-refractivity contribution in [3.05, 3.63) is 53.7 Å². The molecule has 1 aromatic carbocycles. The number of nitrogens with zero attached hydrogens (tertiary/aromatic N) is 3. The smallest absolute Gasteiger partial charge is 0.415 e. The third-order valence-electron chi connectivity index (χ3n) is 5.19. The van der Waals surface area contributed by atoms with Crippen LogP contribution in [0, 0.1) is 6.92 Å². The quantitative estimate of drug-likeness (QED) is 0.668. The second kappa shape index (κ2) is 8.96. The van der Waals surface area contributed by atoms with Crippen LogP contribution in [0.15, 0.2) is 47.5 Å². The van der Waals surface area contributed by atoms with Crippen LogP contribution in [-0.2, 0) is 14.8 Å². The normalized spacial score (nSPS) is 17.5. The van der Waals surface area contributed by atoms with E-state index >= 15 is 0 Å². The first-order valence-corrected chi connectivity index (χ1v) is 12.0. The molecule has 8 heteroatoms. The molecule has 1 atom stereocenters. The standard InChI is InChI=1S/C23H31N3O4S/c1-6-25(22(27)30-23(3,4)5)21-14-11-18(16-24-21)20-8-7-15-26(20)31(28,29)19-12-9-17(2)10-13-19/h9-14,16,20H,6-8,15H2,1-5H3. The Morgan fingerprint density at radius 2 is 1.87 bits per heavy atom. The summed E-state index contributed by atoms with van der Waals surface area (Å²) < 4.78 is 33.4. The number of aromatic nitrogens is 1. The molecule has 1 aromatic heterocycles. The van der Waals surface area contributed by atoms with Crippen molar-refractivity contribution in [1.82, 2.24) is 9.29 Å². The molecule has 1 unspecified atom stereocenters. The van der Waals surface area contributed by atoms with Gasteiger partial charge in [0.05, 0.1) is 10.9 Å². The Labute approximate surface area is 185 Å². The zero-order valence-electron chi connectivity index (χ0n) is 18.8. The van der Waals surface area contributed by atoms with E-state index in [9.17, 15) is 13.2 Å². The number of hydrogen-bond donors (Lipinski definition) is 0. The Hall–Kier alpha value is -2.45. The third kappa shape index (κ3) is 5.25. The molecule has 168 valence electrons. The van der Waals surface area contributed by atoms with Crippen LogP contribution in [0.1, 0.15) is 57.7 Å². The second-order valence-electron chi connectivity index (χ2n) is 8.76. The summed E-state index contributed by atoms with van der Waals surface area (Å²) in [6, 6.07) is 10.3. The monoisotopic (exact) mass is 445 g/mol. The van der Waals surface area contributed by atoms with E-state index in [1.807, 2.05) is 52.8 Å². The largest absolute Gasteiger partial charge is 0.443 e. The van der Waals surface area contributed by atoms with Crippen LogP contribution in [0.3, 0.4) is 0 Å². The highest BCUT2D eigenvalue weighted by Crippen LogP contribution is 2.36. The van der Waals surface area contributed by atoms with Crippen LogP contribution >= 0.6 is 0 Å². The summed E-state index contributed by atoms with van der Waals surface area (Å²) in [6.45, 7) is 10.1. The SMILES string of the molecule is CCN(C(=O)OC(C)(C)C)c1ccc(C2CCCN2S(=O)(=O)c2ccc(C)cc2)cn1. The van der Waals surface area contributed by atoms with Crippen molar-refractivity contribution in [3.63, 3.8) is 0 Å². The number of sulfonamides is 1. The summed E-state index contributed by atoms with van der Waals surface area (Å²) in [7, 11) is -3.60. The number of hydrogen-bond acceptors (Lipinski definition) is 5. The number of ether oxygens (including phenoxy) is 1. The summed E-state index contributed by atoms with van der Waals surface area (Å²) in [5.74, 6) is 0.478. The highest BCUT2D eigenvalue weighted by molar-refractivity contribution is 7.89. The van der Waals surface area contributed by atoms with Crippen molar-refractivity contribution in [1.29, 1.82) is 0 Å². The molecular weight excluding hydrogens is 414 g/mol. The molecule has 0 saturated carbocycles. The van der Waals surface area contributed by atoms with Crippen LogP contribution in [-0.4, -0.2) is 42.5 Å². The van der Waals surface area contributed by atoms with Gasteiger partial charge in [0.1, 0.15) is 11.4 Å². The molecule has 0 spiro atoms. The first-order valence-electron chi connectivity index (χ1n) is 10.6. The average Bonchev–Trinajstić information content (AvgIpc) is 3.19.